The second kappa shape index (κ2) is 6.91. The van der Waals surface area contributed by atoms with Gasteiger partial charge in [-0.2, -0.15) is 5.26 Å². The van der Waals surface area contributed by atoms with Crippen LogP contribution in [0.1, 0.15) is 18.5 Å². The maximum Gasteiger partial charge on any atom is 0.142 e. The predicted molar refractivity (Wildman–Crippen MR) is 96.2 cm³/mol. The van der Waals surface area contributed by atoms with Gasteiger partial charge in [-0.15, -0.1) is 0 Å². The number of nitriles is 1. The van der Waals surface area contributed by atoms with Crippen LogP contribution in [-0.2, 0) is 0 Å². The SMILES string of the molecule is CN1CCN([C@@H]2C[C@@H]3CN(c4cccc(C#N)n4)C[C@@H]3C[C@H]2O)CC1. The van der Waals surface area contributed by atoms with Gasteiger partial charge in [-0.3, -0.25) is 4.90 Å². The van der Waals surface area contributed by atoms with E-state index in [4.69, 9.17) is 5.26 Å². The molecule has 4 atom stereocenters. The highest BCUT2D eigenvalue weighted by Crippen LogP contribution is 2.39. The van der Waals surface area contributed by atoms with E-state index in [0.717, 1.165) is 57.9 Å². The first-order valence-corrected chi connectivity index (χ1v) is 9.37. The van der Waals surface area contributed by atoms with Gasteiger partial charge in [-0.05, 0) is 43.9 Å². The number of hydrogen-bond acceptors (Lipinski definition) is 6. The zero-order valence-corrected chi connectivity index (χ0v) is 14.9. The van der Waals surface area contributed by atoms with Gasteiger partial charge in [-0.25, -0.2) is 4.98 Å². The molecule has 0 unspecified atom stereocenters. The van der Waals surface area contributed by atoms with Crippen LogP contribution in [0.2, 0.25) is 0 Å². The summed E-state index contributed by atoms with van der Waals surface area (Å²) in [4.78, 5) is 11.6. The van der Waals surface area contributed by atoms with Gasteiger partial charge < -0.3 is 14.9 Å². The Morgan fingerprint density at radius 2 is 1.84 bits per heavy atom. The number of piperazine rings is 1. The summed E-state index contributed by atoms with van der Waals surface area (Å²) in [6, 6.07) is 8.08. The number of aliphatic hydroxyl groups is 1. The molecule has 25 heavy (non-hydrogen) atoms. The van der Waals surface area contributed by atoms with E-state index >= 15 is 0 Å². The Morgan fingerprint density at radius 1 is 1.12 bits per heavy atom. The molecule has 2 saturated heterocycles. The highest BCUT2D eigenvalue weighted by molar-refractivity contribution is 5.43. The van der Waals surface area contributed by atoms with Gasteiger partial charge in [-0.1, -0.05) is 6.07 Å². The van der Waals surface area contributed by atoms with Crippen LogP contribution >= 0.6 is 0 Å². The minimum atomic E-state index is -0.219. The number of pyridine rings is 1. The average molecular weight is 341 g/mol. The zero-order valence-electron chi connectivity index (χ0n) is 14.9. The molecule has 0 amide bonds. The van der Waals surface area contributed by atoms with E-state index in [-0.39, 0.29) is 6.10 Å². The second-order valence-corrected chi connectivity index (χ2v) is 7.86. The fourth-order valence-electron chi connectivity index (χ4n) is 4.80. The second-order valence-electron chi connectivity index (χ2n) is 7.86. The Balaban J connectivity index is 1.44. The molecule has 3 fully saturated rings. The van der Waals surface area contributed by atoms with Crippen LogP contribution in [0.15, 0.2) is 18.2 Å². The molecule has 0 spiro atoms. The summed E-state index contributed by atoms with van der Waals surface area (Å²) in [6.45, 7) is 6.24. The van der Waals surface area contributed by atoms with Crippen LogP contribution < -0.4 is 4.90 Å². The quantitative estimate of drug-likeness (QED) is 0.857. The van der Waals surface area contributed by atoms with Gasteiger partial charge in [0.05, 0.1) is 6.10 Å². The van der Waals surface area contributed by atoms with Gasteiger partial charge in [0, 0.05) is 45.3 Å². The molecule has 134 valence electrons. The lowest BCUT2D eigenvalue weighted by atomic mass is 9.77. The molecule has 6 nitrogen and oxygen atoms in total. The first-order chi connectivity index (χ1) is 12.1. The highest BCUT2D eigenvalue weighted by atomic mass is 16.3. The molecule has 3 heterocycles. The minimum Gasteiger partial charge on any atom is -0.391 e. The van der Waals surface area contributed by atoms with Crippen molar-refractivity contribution in [2.45, 2.75) is 25.0 Å². The summed E-state index contributed by atoms with van der Waals surface area (Å²) in [5, 5.41) is 19.8. The summed E-state index contributed by atoms with van der Waals surface area (Å²) in [7, 11) is 2.17. The lowest BCUT2D eigenvalue weighted by Gasteiger charge is -2.44. The Hall–Kier alpha value is -1.68. The molecule has 1 saturated carbocycles. The minimum absolute atomic E-state index is 0.219. The number of likely N-dealkylation sites (N-methyl/N-ethyl adjacent to an activating group) is 1. The molecule has 0 aromatic carbocycles. The van der Waals surface area contributed by atoms with Gasteiger partial charge in [0.15, 0.2) is 0 Å². The van der Waals surface area contributed by atoms with E-state index in [1.165, 1.54) is 0 Å². The summed E-state index contributed by atoms with van der Waals surface area (Å²) >= 11 is 0. The maximum atomic E-state index is 10.7. The number of fused-ring (bicyclic) bond motifs is 1. The molecule has 1 aromatic heterocycles. The van der Waals surface area contributed by atoms with Crippen molar-refractivity contribution in [2.24, 2.45) is 11.8 Å². The topological polar surface area (TPSA) is 66.6 Å². The molecular formula is C19H27N5O. The summed E-state index contributed by atoms with van der Waals surface area (Å²) < 4.78 is 0. The standard InChI is InChI=1S/C19H27N5O/c1-22-5-7-23(8-6-22)17-9-14-12-24(13-15(14)10-18(17)25)19-4-2-3-16(11-20)21-19/h2-4,14-15,17-18,25H,5-10,12-13H2,1H3/t14-,15+,17-,18-/m1/s1. The normalized spacial score (nSPS) is 33.9. The van der Waals surface area contributed by atoms with Crippen molar-refractivity contribution in [1.82, 2.24) is 14.8 Å². The molecule has 2 aliphatic heterocycles. The fourth-order valence-corrected chi connectivity index (χ4v) is 4.80. The largest absolute Gasteiger partial charge is 0.391 e. The molecule has 1 aromatic rings. The molecule has 0 bridgehead atoms. The van der Waals surface area contributed by atoms with E-state index in [2.05, 4.69) is 32.8 Å². The van der Waals surface area contributed by atoms with E-state index in [9.17, 15) is 5.11 Å². The van der Waals surface area contributed by atoms with Crippen LogP contribution in [0.25, 0.3) is 0 Å². The predicted octanol–water partition coefficient (Wildman–Crippen LogP) is 0.776. The Labute approximate surface area is 149 Å². The number of nitrogens with zero attached hydrogens (tertiary/aromatic N) is 5. The maximum absolute atomic E-state index is 10.7. The van der Waals surface area contributed by atoms with Crippen LogP contribution in [0, 0.1) is 23.2 Å². The third kappa shape index (κ3) is 3.37. The zero-order chi connectivity index (χ0) is 17.4. The van der Waals surface area contributed by atoms with Crippen LogP contribution in [-0.4, -0.2) is 78.4 Å². The van der Waals surface area contributed by atoms with Gasteiger partial charge in [0.25, 0.3) is 0 Å². The molecule has 6 heteroatoms. The van der Waals surface area contributed by atoms with E-state index < -0.39 is 0 Å². The van der Waals surface area contributed by atoms with Crippen molar-refractivity contribution in [3.8, 4) is 6.07 Å². The molecule has 0 radical (unpaired) electrons. The first-order valence-electron chi connectivity index (χ1n) is 9.37. The van der Waals surface area contributed by atoms with Crippen molar-refractivity contribution in [1.29, 1.82) is 5.26 Å². The number of anilines is 1. The third-order valence-electron chi connectivity index (χ3n) is 6.29. The number of aliphatic hydroxyl groups excluding tert-OH is 1. The van der Waals surface area contributed by atoms with Gasteiger partial charge in [0.1, 0.15) is 17.6 Å². The highest BCUT2D eigenvalue weighted by Gasteiger charge is 2.44. The van der Waals surface area contributed by atoms with Crippen LogP contribution in [0.4, 0.5) is 5.82 Å². The first kappa shape index (κ1) is 16.8. The third-order valence-corrected chi connectivity index (χ3v) is 6.29. The van der Waals surface area contributed by atoms with Crippen molar-refractivity contribution in [2.75, 3.05) is 51.2 Å². The number of aromatic nitrogens is 1. The molecule has 1 N–H and O–H groups in total. The number of hydrogen-bond donors (Lipinski definition) is 1. The van der Waals surface area contributed by atoms with Gasteiger partial charge in [0.2, 0.25) is 0 Å². The van der Waals surface area contributed by atoms with Crippen molar-refractivity contribution < 1.29 is 5.11 Å². The van der Waals surface area contributed by atoms with Crippen molar-refractivity contribution in [3.05, 3.63) is 23.9 Å². The Bertz CT molecular complexity index is 651. The van der Waals surface area contributed by atoms with Crippen molar-refractivity contribution in [3.63, 3.8) is 0 Å². The Kier molecular flexibility index (Phi) is 4.63. The summed E-state index contributed by atoms with van der Waals surface area (Å²) in [5.41, 5.74) is 0.475. The van der Waals surface area contributed by atoms with Crippen LogP contribution in [0.3, 0.4) is 0 Å². The number of rotatable bonds is 2. The molecule has 1 aliphatic carbocycles. The monoisotopic (exact) mass is 341 g/mol. The summed E-state index contributed by atoms with van der Waals surface area (Å²) in [6.07, 6.45) is 1.74. The van der Waals surface area contributed by atoms with E-state index in [1.54, 1.807) is 6.07 Å². The lowest BCUT2D eigenvalue weighted by Crippen LogP contribution is -2.55. The van der Waals surface area contributed by atoms with Crippen molar-refractivity contribution >= 4 is 5.82 Å². The van der Waals surface area contributed by atoms with E-state index in [1.807, 2.05) is 12.1 Å². The van der Waals surface area contributed by atoms with Crippen LogP contribution in [0.5, 0.6) is 0 Å². The van der Waals surface area contributed by atoms with Gasteiger partial charge >= 0.3 is 0 Å². The van der Waals surface area contributed by atoms with E-state index in [0.29, 0.717) is 23.6 Å². The molecule has 3 aliphatic rings. The lowest BCUT2D eigenvalue weighted by molar-refractivity contribution is -0.0249. The average Bonchev–Trinajstić information content (AvgIpc) is 3.05. The fraction of sp³-hybridized carbons (Fsp3) is 0.684. The summed E-state index contributed by atoms with van der Waals surface area (Å²) in [5.74, 6) is 2.05. The Morgan fingerprint density at radius 3 is 2.56 bits per heavy atom. The molecular weight excluding hydrogens is 314 g/mol. The smallest absolute Gasteiger partial charge is 0.142 e. The molecule has 4 rings (SSSR count).